The Morgan fingerprint density at radius 3 is 2.85 bits per heavy atom. The molecule has 0 bridgehead atoms. The van der Waals surface area contributed by atoms with E-state index in [2.05, 4.69) is 20.4 Å². The Labute approximate surface area is 122 Å². The van der Waals surface area contributed by atoms with Crippen LogP contribution in [0.1, 0.15) is 32.6 Å². The molecule has 0 amide bonds. The Morgan fingerprint density at radius 2 is 2.05 bits per heavy atom. The molecule has 0 spiro atoms. The van der Waals surface area contributed by atoms with E-state index in [1.807, 2.05) is 0 Å². The summed E-state index contributed by atoms with van der Waals surface area (Å²) >= 11 is 1.04. The predicted octanol–water partition coefficient (Wildman–Crippen LogP) is 2.55. The Bertz CT molecular complexity index is 711. The Balaban J connectivity index is 1.93. The second-order valence-corrected chi connectivity index (χ2v) is 7.59. The minimum Gasteiger partial charge on any atom is -0.208 e. The van der Waals surface area contributed by atoms with Gasteiger partial charge in [-0.15, -0.1) is 0 Å². The summed E-state index contributed by atoms with van der Waals surface area (Å²) in [4.78, 5) is 0.238. The van der Waals surface area contributed by atoms with Crippen molar-refractivity contribution >= 4 is 32.8 Å². The summed E-state index contributed by atoms with van der Waals surface area (Å²) in [5.74, 6) is 0.381. The first-order valence-corrected chi connectivity index (χ1v) is 9.03. The highest BCUT2D eigenvalue weighted by Gasteiger charge is 2.28. The van der Waals surface area contributed by atoms with Gasteiger partial charge in [0.2, 0.25) is 10.0 Å². The van der Waals surface area contributed by atoms with E-state index in [4.69, 9.17) is 0 Å². The molecule has 1 aromatic heterocycles. The van der Waals surface area contributed by atoms with Gasteiger partial charge in [-0.05, 0) is 30.9 Å². The lowest BCUT2D eigenvalue weighted by atomic mass is 9.87. The molecule has 1 saturated carbocycles. The van der Waals surface area contributed by atoms with Crippen LogP contribution in [0.15, 0.2) is 23.1 Å². The second-order valence-electron chi connectivity index (χ2n) is 5.38. The monoisotopic (exact) mass is 311 g/mol. The van der Waals surface area contributed by atoms with Gasteiger partial charge in [0, 0.05) is 6.04 Å². The van der Waals surface area contributed by atoms with Crippen molar-refractivity contribution < 1.29 is 8.42 Å². The van der Waals surface area contributed by atoms with Gasteiger partial charge in [-0.25, -0.2) is 13.1 Å². The summed E-state index contributed by atoms with van der Waals surface area (Å²) in [7, 11) is -3.54. The summed E-state index contributed by atoms with van der Waals surface area (Å²) in [5.41, 5.74) is 1.10. The third kappa shape index (κ3) is 2.57. The summed E-state index contributed by atoms with van der Waals surface area (Å²) < 4.78 is 36.2. The molecule has 5 nitrogen and oxygen atoms in total. The average Bonchev–Trinajstić information content (AvgIpc) is 2.89. The van der Waals surface area contributed by atoms with Crippen LogP contribution in [0.2, 0.25) is 0 Å². The van der Waals surface area contributed by atoms with Crippen molar-refractivity contribution in [2.45, 2.75) is 43.5 Å². The van der Waals surface area contributed by atoms with Crippen molar-refractivity contribution in [3.05, 3.63) is 18.2 Å². The van der Waals surface area contributed by atoms with Crippen LogP contribution >= 0.6 is 11.7 Å². The maximum atomic E-state index is 12.6. The van der Waals surface area contributed by atoms with E-state index in [0.29, 0.717) is 17.0 Å². The summed E-state index contributed by atoms with van der Waals surface area (Å²) in [6.45, 7) is 2.11. The van der Waals surface area contributed by atoms with Crippen molar-refractivity contribution in [2.75, 3.05) is 0 Å². The highest BCUT2D eigenvalue weighted by atomic mass is 32.2. The van der Waals surface area contributed by atoms with E-state index < -0.39 is 10.0 Å². The van der Waals surface area contributed by atoms with Gasteiger partial charge in [-0.2, -0.15) is 8.75 Å². The largest absolute Gasteiger partial charge is 0.243 e. The molecule has 1 N–H and O–H groups in total. The lowest BCUT2D eigenvalue weighted by Crippen LogP contribution is -2.41. The fraction of sp³-hybridized carbons (Fsp3) is 0.538. The number of fused-ring (bicyclic) bond motifs is 1. The molecule has 0 radical (unpaired) electrons. The molecule has 1 aliphatic rings. The number of benzene rings is 1. The molecule has 0 aliphatic heterocycles. The average molecular weight is 311 g/mol. The minimum atomic E-state index is -3.54. The number of hydrogen-bond donors (Lipinski definition) is 1. The van der Waals surface area contributed by atoms with E-state index in [0.717, 1.165) is 31.0 Å². The third-order valence-corrected chi connectivity index (χ3v) is 6.02. The highest BCUT2D eigenvalue weighted by Crippen LogP contribution is 2.27. The molecule has 1 heterocycles. The van der Waals surface area contributed by atoms with Gasteiger partial charge < -0.3 is 0 Å². The molecular formula is C13H17N3O2S2. The molecule has 1 aromatic carbocycles. The lowest BCUT2D eigenvalue weighted by molar-refractivity contribution is 0.310. The lowest BCUT2D eigenvalue weighted by Gasteiger charge is -2.29. The first-order chi connectivity index (χ1) is 9.58. The van der Waals surface area contributed by atoms with Crippen molar-refractivity contribution in [3.8, 4) is 0 Å². The molecule has 1 fully saturated rings. The molecular weight excluding hydrogens is 294 g/mol. The van der Waals surface area contributed by atoms with E-state index in [9.17, 15) is 8.42 Å². The quantitative estimate of drug-likeness (QED) is 0.945. The molecule has 0 saturated heterocycles. The fourth-order valence-electron chi connectivity index (χ4n) is 2.75. The molecule has 7 heteroatoms. The number of aromatic nitrogens is 2. The van der Waals surface area contributed by atoms with Crippen LogP contribution in [0, 0.1) is 5.92 Å². The van der Waals surface area contributed by atoms with Crippen molar-refractivity contribution in [1.82, 2.24) is 13.5 Å². The molecule has 20 heavy (non-hydrogen) atoms. The number of rotatable bonds is 3. The zero-order valence-corrected chi connectivity index (χ0v) is 12.9. The van der Waals surface area contributed by atoms with Crippen LogP contribution in [0.4, 0.5) is 0 Å². The molecule has 2 atom stereocenters. The fourth-order valence-corrected chi connectivity index (χ4v) is 4.90. The second kappa shape index (κ2) is 5.38. The Hall–Kier alpha value is -1.05. The molecule has 3 rings (SSSR count). The van der Waals surface area contributed by atoms with Gasteiger partial charge in [0.15, 0.2) is 0 Å². The number of sulfonamides is 1. The zero-order chi connectivity index (χ0) is 14.2. The first-order valence-electron chi connectivity index (χ1n) is 6.81. The molecule has 2 aromatic rings. The van der Waals surface area contributed by atoms with Gasteiger partial charge in [0.25, 0.3) is 0 Å². The predicted molar refractivity (Wildman–Crippen MR) is 79.2 cm³/mol. The maximum absolute atomic E-state index is 12.6. The summed E-state index contributed by atoms with van der Waals surface area (Å²) in [6.07, 6.45) is 4.26. The van der Waals surface area contributed by atoms with Crippen LogP contribution in [0.3, 0.4) is 0 Å². The summed E-state index contributed by atoms with van der Waals surface area (Å²) in [6, 6.07) is 5.11. The topological polar surface area (TPSA) is 72.0 Å². The maximum Gasteiger partial charge on any atom is 0.243 e. The Kier molecular flexibility index (Phi) is 3.74. The number of hydrogen-bond acceptors (Lipinski definition) is 5. The van der Waals surface area contributed by atoms with Crippen LogP contribution in [-0.2, 0) is 10.0 Å². The third-order valence-electron chi connectivity index (χ3n) is 3.96. The van der Waals surface area contributed by atoms with Crippen molar-refractivity contribution in [3.63, 3.8) is 0 Å². The van der Waals surface area contributed by atoms with Gasteiger partial charge in [-0.3, -0.25) is 0 Å². The SMILES string of the molecule is C[C@@H]1CCCC[C@H]1NS(=O)(=O)c1cccc2nsnc12. The molecule has 1 aliphatic carbocycles. The van der Waals surface area contributed by atoms with E-state index >= 15 is 0 Å². The van der Waals surface area contributed by atoms with Gasteiger partial charge in [-0.1, -0.05) is 25.8 Å². The Morgan fingerprint density at radius 1 is 1.25 bits per heavy atom. The standard InChI is InChI=1S/C13H17N3O2S2/c1-9-5-2-3-6-10(9)16-20(17,18)12-8-4-7-11-13(12)15-19-14-11/h4,7-10,16H,2-3,5-6H2,1H3/t9-,10-/m1/s1. The first kappa shape index (κ1) is 13.9. The van der Waals surface area contributed by atoms with Crippen molar-refractivity contribution in [1.29, 1.82) is 0 Å². The molecule has 108 valence electrons. The normalized spacial score (nSPS) is 24.1. The minimum absolute atomic E-state index is 0.0237. The number of nitrogens with one attached hydrogen (secondary N) is 1. The molecule has 0 unspecified atom stereocenters. The van der Waals surface area contributed by atoms with Crippen LogP contribution in [-0.4, -0.2) is 23.2 Å². The smallest absolute Gasteiger partial charge is 0.208 e. The van der Waals surface area contributed by atoms with Gasteiger partial charge >= 0.3 is 0 Å². The van der Waals surface area contributed by atoms with Crippen LogP contribution in [0.25, 0.3) is 11.0 Å². The zero-order valence-electron chi connectivity index (χ0n) is 11.2. The number of nitrogens with zero attached hydrogens (tertiary/aromatic N) is 2. The van der Waals surface area contributed by atoms with Crippen LogP contribution in [0.5, 0.6) is 0 Å². The van der Waals surface area contributed by atoms with Gasteiger partial charge in [0.1, 0.15) is 15.9 Å². The van der Waals surface area contributed by atoms with E-state index in [1.54, 1.807) is 18.2 Å². The highest BCUT2D eigenvalue weighted by molar-refractivity contribution is 7.89. The van der Waals surface area contributed by atoms with E-state index in [-0.39, 0.29) is 10.9 Å². The van der Waals surface area contributed by atoms with Crippen molar-refractivity contribution in [2.24, 2.45) is 5.92 Å². The van der Waals surface area contributed by atoms with Crippen LogP contribution < -0.4 is 4.72 Å². The van der Waals surface area contributed by atoms with Gasteiger partial charge in [0.05, 0.1) is 11.7 Å². The van der Waals surface area contributed by atoms with E-state index in [1.165, 1.54) is 6.42 Å². The summed E-state index contributed by atoms with van der Waals surface area (Å²) in [5, 5.41) is 0.